The van der Waals surface area contributed by atoms with E-state index in [-0.39, 0.29) is 23.1 Å². The SMILES string of the molecule is O=C(OCc1ccn(-c2ccc(C(F)(F)F)cc2)n1)c1ccc2c(=O)n(-c3ccccc3)c(=O)[nH]c2c1. The molecule has 0 aliphatic carbocycles. The fraction of sp³-hybridized carbons (Fsp3) is 0.0769. The first-order valence-corrected chi connectivity index (χ1v) is 10.9. The third-order valence-electron chi connectivity index (χ3n) is 5.60. The van der Waals surface area contributed by atoms with Crippen molar-refractivity contribution in [3.05, 3.63) is 123 Å². The van der Waals surface area contributed by atoms with Crippen LogP contribution in [0.25, 0.3) is 22.3 Å². The van der Waals surface area contributed by atoms with E-state index in [4.69, 9.17) is 4.74 Å². The highest BCUT2D eigenvalue weighted by Crippen LogP contribution is 2.29. The van der Waals surface area contributed by atoms with Crippen LogP contribution in [0.2, 0.25) is 0 Å². The molecule has 0 aliphatic heterocycles. The van der Waals surface area contributed by atoms with E-state index in [2.05, 4.69) is 10.1 Å². The standard InChI is InChI=1S/C26H17F3N4O4/c27-26(28,29)17-7-9-19(10-8-17)32-13-12-18(31-32)15-37-24(35)16-6-11-21-22(14-16)30-25(36)33(23(21)34)20-4-2-1-3-5-20/h1-14H,15H2,(H,30,36). The van der Waals surface area contributed by atoms with Crippen LogP contribution >= 0.6 is 0 Å². The van der Waals surface area contributed by atoms with Crippen LogP contribution < -0.4 is 11.2 Å². The molecule has 0 aliphatic rings. The molecule has 0 saturated carbocycles. The van der Waals surface area contributed by atoms with Crippen LogP contribution in [0.3, 0.4) is 0 Å². The number of esters is 1. The fourth-order valence-electron chi connectivity index (χ4n) is 3.76. The number of alkyl halides is 3. The Balaban J connectivity index is 1.32. The van der Waals surface area contributed by atoms with Crippen LogP contribution in [0, 0.1) is 0 Å². The van der Waals surface area contributed by atoms with E-state index in [9.17, 15) is 27.6 Å². The molecule has 0 spiro atoms. The second kappa shape index (κ2) is 9.26. The van der Waals surface area contributed by atoms with Crippen LogP contribution in [-0.2, 0) is 17.5 Å². The van der Waals surface area contributed by atoms with Gasteiger partial charge < -0.3 is 9.72 Å². The number of ether oxygens (including phenoxy) is 1. The lowest BCUT2D eigenvalue weighted by atomic mass is 10.1. The number of H-pyrrole nitrogens is 1. The average molecular weight is 506 g/mol. The monoisotopic (exact) mass is 506 g/mol. The van der Waals surface area contributed by atoms with Gasteiger partial charge in [-0.25, -0.2) is 18.8 Å². The lowest BCUT2D eigenvalue weighted by Crippen LogP contribution is -2.33. The molecular weight excluding hydrogens is 489 g/mol. The first kappa shape index (κ1) is 23.8. The summed E-state index contributed by atoms with van der Waals surface area (Å²) in [6, 6.07) is 18.7. The van der Waals surface area contributed by atoms with Gasteiger partial charge in [-0.15, -0.1) is 0 Å². The number of fused-ring (bicyclic) bond motifs is 1. The lowest BCUT2D eigenvalue weighted by Gasteiger charge is -2.08. The van der Waals surface area contributed by atoms with E-state index in [1.165, 1.54) is 41.2 Å². The van der Waals surface area contributed by atoms with Gasteiger partial charge in [0.15, 0.2) is 0 Å². The predicted octanol–water partition coefficient (Wildman–Crippen LogP) is 4.24. The molecule has 1 N–H and O–H groups in total. The normalized spacial score (nSPS) is 11.5. The second-order valence-electron chi connectivity index (χ2n) is 8.04. The second-order valence-corrected chi connectivity index (χ2v) is 8.04. The van der Waals surface area contributed by atoms with E-state index in [1.54, 1.807) is 36.4 Å². The van der Waals surface area contributed by atoms with Crippen molar-refractivity contribution in [3.8, 4) is 11.4 Å². The van der Waals surface area contributed by atoms with E-state index in [0.717, 1.165) is 16.7 Å². The molecule has 186 valence electrons. The molecule has 2 heterocycles. The molecule has 0 saturated heterocycles. The lowest BCUT2D eigenvalue weighted by molar-refractivity contribution is -0.137. The summed E-state index contributed by atoms with van der Waals surface area (Å²) in [5, 5.41) is 4.43. The molecule has 0 amide bonds. The van der Waals surface area contributed by atoms with Crippen molar-refractivity contribution < 1.29 is 22.7 Å². The minimum Gasteiger partial charge on any atom is -0.456 e. The Labute approximate surface area is 206 Å². The molecule has 0 fully saturated rings. The minimum atomic E-state index is -4.43. The number of hydrogen-bond donors (Lipinski definition) is 1. The fourth-order valence-corrected chi connectivity index (χ4v) is 3.76. The van der Waals surface area contributed by atoms with Crippen molar-refractivity contribution in [1.82, 2.24) is 19.3 Å². The molecule has 8 nitrogen and oxygen atoms in total. The van der Waals surface area contributed by atoms with Crippen molar-refractivity contribution >= 4 is 16.9 Å². The summed E-state index contributed by atoms with van der Waals surface area (Å²) in [5.74, 6) is -0.709. The minimum absolute atomic E-state index is 0.113. The van der Waals surface area contributed by atoms with Gasteiger partial charge in [0.05, 0.1) is 33.4 Å². The van der Waals surface area contributed by atoms with Crippen molar-refractivity contribution in [3.63, 3.8) is 0 Å². The van der Waals surface area contributed by atoms with E-state index >= 15 is 0 Å². The molecule has 0 bridgehead atoms. The zero-order chi connectivity index (χ0) is 26.2. The number of nitrogens with zero attached hydrogens (tertiary/aromatic N) is 3. The number of hydrogen-bond acceptors (Lipinski definition) is 5. The summed E-state index contributed by atoms with van der Waals surface area (Å²) in [6.45, 7) is -0.198. The number of carbonyl (C=O) groups is 1. The summed E-state index contributed by atoms with van der Waals surface area (Å²) in [6.07, 6.45) is -2.90. The predicted molar refractivity (Wildman–Crippen MR) is 128 cm³/mol. The Morgan fingerprint density at radius 3 is 2.35 bits per heavy atom. The molecule has 5 aromatic rings. The van der Waals surface area contributed by atoms with Gasteiger partial charge >= 0.3 is 17.8 Å². The van der Waals surface area contributed by atoms with Gasteiger partial charge in [-0.2, -0.15) is 18.3 Å². The van der Waals surface area contributed by atoms with Gasteiger partial charge in [0.2, 0.25) is 0 Å². The summed E-state index contributed by atoms with van der Waals surface area (Å²) in [4.78, 5) is 40.7. The number of carbonyl (C=O) groups excluding carboxylic acids is 1. The molecule has 0 radical (unpaired) electrons. The molecule has 0 unspecified atom stereocenters. The van der Waals surface area contributed by atoms with E-state index in [0.29, 0.717) is 17.1 Å². The summed E-state index contributed by atoms with van der Waals surface area (Å²) in [7, 11) is 0. The molecule has 37 heavy (non-hydrogen) atoms. The molecular formula is C26H17F3N4O4. The summed E-state index contributed by atoms with van der Waals surface area (Å²) in [5.41, 5.74) is -0.464. The van der Waals surface area contributed by atoms with Crippen LogP contribution in [-0.4, -0.2) is 25.3 Å². The van der Waals surface area contributed by atoms with E-state index < -0.39 is 29.0 Å². The van der Waals surface area contributed by atoms with Crippen molar-refractivity contribution in [1.29, 1.82) is 0 Å². The van der Waals surface area contributed by atoms with Crippen molar-refractivity contribution in [2.45, 2.75) is 12.8 Å². The number of aromatic amines is 1. The molecule has 0 atom stereocenters. The Kier molecular flexibility index (Phi) is 5.96. The van der Waals surface area contributed by atoms with Gasteiger partial charge in [-0.1, -0.05) is 18.2 Å². The topological polar surface area (TPSA) is 99.0 Å². The summed E-state index contributed by atoms with van der Waals surface area (Å²) >= 11 is 0. The van der Waals surface area contributed by atoms with Gasteiger partial charge in [-0.3, -0.25) is 4.79 Å². The van der Waals surface area contributed by atoms with E-state index in [1.807, 2.05) is 0 Å². The smallest absolute Gasteiger partial charge is 0.416 e. The van der Waals surface area contributed by atoms with Gasteiger partial charge in [0.1, 0.15) is 12.3 Å². The third-order valence-corrected chi connectivity index (χ3v) is 5.60. The largest absolute Gasteiger partial charge is 0.456 e. The molecule has 11 heteroatoms. The number of rotatable bonds is 5. The Bertz CT molecular complexity index is 1720. The third kappa shape index (κ3) is 4.79. The number of para-hydroxylation sites is 1. The maximum atomic E-state index is 12.9. The van der Waals surface area contributed by atoms with Crippen LogP contribution in [0.5, 0.6) is 0 Å². The van der Waals surface area contributed by atoms with Crippen LogP contribution in [0.4, 0.5) is 13.2 Å². The molecule has 5 rings (SSSR count). The first-order chi connectivity index (χ1) is 17.7. The molecule has 3 aromatic carbocycles. The maximum Gasteiger partial charge on any atom is 0.416 e. The Morgan fingerprint density at radius 1 is 0.919 bits per heavy atom. The number of nitrogens with one attached hydrogen (secondary N) is 1. The quantitative estimate of drug-likeness (QED) is 0.360. The van der Waals surface area contributed by atoms with Crippen LogP contribution in [0.1, 0.15) is 21.6 Å². The highest BCUT2D eigenvalue weighted by Gasteiger charge is 2.30. The van der Waals surface area contributed by atoms with Crippen molar-refractivity contribution in [2.75, 3.05) is 0 Å². The number of halogens is 3. The Morgan fingerprint density at radius 2 is 1.65 bits per heavy atom. The Hall–Kier alpha value is -4.93. The van der Waals surface area contributed by atoms with Crippen LogP contribution in [0.15, 0.2) is 94.6 Å². The van der Waals surface area contributed by atoms with Gasteiger partial charge in [-0.05, 0) is 60.7 Å². The highest BCUT2D eigenvalue weighted by molar-refractivity contribution is 5.94. The zero-order valence-corrected chi connectivity index (χ0v) is 18.9. The average Bonchev–Trinajstić information content (AvgIpc) is 3.36. The van der Waals surface area contributed by atoms with Gasteiger partial charge in [0, 0.05) is 6.20 Å². The number of aromatic nitrogens is 4. The number of benzene rings is 3. The molecule has 2 aromatic heterocycles. The van der Waals surface area contributed by atoms with Gasteiger partial charge in [0.25, 0.3) is 5.56 Å². The summed E-state index contributed by atoms with van der Waals surface area (Å²) < 4.78 is 45.9. The van der Waals surface area contributed by atoms with Crippen molar-refractivity contribution in [2.24, 2.45) is 0 Å². The zero-order valence-electron chi connectivity index (χ0n) is 18.9. The highest BCUT2D eigenvalue weighted by atomic mass is 19.4. The first-order valence-electron chi connectivity index (χ1n) is 10.9. The maximum absolute atomic E-state index is 12.9.